The summed E-state index contributed by atoms with van der Waals surface area (Å²) in [6.07, 6.45) is 0. The number of carbonyl (C=O) groups is 1. The van der Waals surface area contributed by atoms with Crippen molar-refractivity contribution >= 4 is 11.5 Å². The van der Waals surface area contributed by atoms with Gasteiger partial charge in [-0.2, -0.15) is 0 Å². The van der Waals surface area contributed by atoms with Crippen LogP contribution in [-0.4, -0.2) is 18.9 Å². The molecule has 19 heavy (non-hydrogen) atoms. The van der Waals surface area contributed by atoms with Crippen molar-refractivity contribution in [2.75, 3.05) is 7.11 Å². The Bertz CT molecular complexity index is 561. The van der Waals surface area contributed by atoms with Crippen LogP contribution in [0.1, 0.15) is 26.3 Å². The van der Waals surface area contributed by atoms with Gasteiger partial charge in [0.15, 0.2) is 11.6 Å². The van der Waals surface area contributed by atoms with Gasteiger partial charge in [0.2, 0.25) is 5.79 Å². The zero-order valence-corrected chi connectivity index (χ0v) is 11.2. The first-order valence-electron chi connectivity index (χ1n) is 5.82. The quantitative estimate of drug-likeness (QED) is 0.772. The van der Waals surface area contributed by atoms with E-state index in [1.54, 1.807) is 26.8 Å². The highest BCUT2D eigenvalue weighted by molar-refractivity contribution is 6.17. The van der Waals surface area contributed by atoms with E-state index in [1.165, 1.54) is 19.2 Å². The number of benzene rings is 1. The second kappa shape index (κ2) is 4.57. The molecular weight excluding hydrogens is 251 g/mol. The van der Waals surface area contributed by atoms with Gasteiger partial charge in [-0.25, -0.2) is 9.18 Å². The van der Waals surface area contributed by atoms with E-state index in [9.17, 15) is 9.18 Å². The molecule has 0 saturated carbocycles. The summed E-state index contributed by atoms with van der Waals surface area (Å²) in [6, 6.07) is 4.57. The molecule has 1 aromatic carbocycles. The van der Waals surface area contributed by atoms with Crippen LogP contribution >= 0.6 is 0 Å². The Hall–Kier alpha value is -2.04. The fourth-order valence-corrected chi connectivity index (χ4v) is 2.02. The number of hydrogen-bond donors (Lipinski definition) is 0. The van der Waals surface area contributed by atoms with Crippen LogP contribution in [0.3, 0.4) is 0 Å². The van der Waals surface area contributed by atoms with Crippen molar-refractivity contribution in [3.05, 3.63) is 35.3 Å². The second-order valence-electron chi connectivity index (χ2n) is 4.64. The van der Waals surface area contributed by atoms with Crippen LogP contribution in [0.15, 0.2) is 24.0 Å². The molecule has 0 spiro atoms. The van der Waals surface area contributed by atoms with Gasteiger partial charge in [-0.05, 0) is 13.0 Å². The average molecular weight is 266 g/mol. The first-order chi connectivity index (χ1) is 8.85. The minimum atomic E-state index is -1.04. The highest BCUT2D eigenvalue weighted by Crippen LogP contribution is 2.35. The normalized spacial score (nSPS) is 17.8. The third kappa shape index (κ3) is 2.41. The van der Waals surface area contributed by atoms with Crippen LogP contribution in [0.25, 0.3) is 5.57 Å². The van der Waals surface area contributed by atoms with Crippen molar-refractivity contribution in [2.24, 2.45) is 0 Å². The summed E-state index contributed by atoms with van der Waals surface area (Å²) in [5.74, 6) is -1.87. The Morgan fingerprint density at radius 2 is 1.95 bits per heavy atom. The molecule has 0 aliphatic carbocycles. The molecule has 0 amide bonds. The molecule has 2 rings (SSSR count). The molecule has 4 nitrogen and oxygen atoms in total. The molecular formula is C14H15FO4. The van der Waals surface area contributed by atoms with E-state index in [2.05, 4.69) is 0 Å². The highest BCUT2D eigenvalue weighted by Gasteiger charge is 2.36. The molecule has 1 aromatic rings. The lowest BCUT2D eigenvalue weighted by atomic mass is 10.0. The number of halogens is 1. The monoisotopic (exact) mass is 266 g/mol. The smallest absolute Gasteiger partial charge is 0.345 e. The number of hydrogen-bond acceptors (Lipinski definition) is 4. The Labute approximate surface area is 110 Å². The molecule has 0 fully saturated rings. The molecule has 0 radical (unpaired) electrons. The largest absolute Gasteiger partial charge is 0.494 e. The molecule has 0 aromatic heterocycles. The number of rotatable bonds is 2. The van der Waals surface area contributed by atoms with Gasteiger partial charge in [0.25, 0.3) is 0 Å². The molecule has 0 bridgehead atoms. The lowest BCUT2D eigenvalue weighted by Gasteiger charge is -2.32. The summed E-state index contributed by atoms with van der Waals surface area (Å²) in [7, 11) is 1.36. The van der Waals surface area contributed by atoms with Crippen LogP contribution in [0.2, 0.25) is 0 Å². The van der Waals surface area contributed by atoms with Crippen LogP contribution in [0.4, 0.5) is 4.39 Å². The van der Waals surface area contributed by atoms with Gasteiger partial charge < -0.3 is 14.2 Å². The van der Waals surface area contributed by atoms with Crippen LogP contribution in [-0.2, 0) is 14.3 Å². The van der Waals surface area contributed by atoms with Crippen molar-refractivity contribution in [3.63, 3.8) is 0 Å². The van der Waals surface area contributed by atoms with Crippen molar-refractivity contribution in [1.29, 1.82) is 0 Å². The minimum absolute atomic E-state index is 0.0652. The molecule has 0 saturated heterocycles. The van der Waals surface area contributed by atoms with Gasteiger partial charge in [0, 0.05) is 19.4 Å². The maximum Gasteiger partial charge on any atom is 0.345 e. The van der Waals surface area contributed by atoms with E-state index >= 15 is 0 Å². The van der Waals surface area contributed by atoms with Crippen molar-refractivity contribution < 1.29 is 23.4 Å². The van der Waals surface area contributed by atoms with Gasteiger partial charge in [-0.3, -0.25) is 0 Å². The molecule has 1 heterocycles. The number of carbonyl (C=O) groups excluding carboxylic acids is 1. The molecule has 102 valence electrons. The maximum atomic E-state index is 14.2. The molecule has 0 unspecified atom stereocenters. The summed E-state index contributed by atoms with van der Waals surface area (Å²) >= 11 is 0. The van der Waals surface area contributed by atoms with Gasteiger partial charge in [0.05, 0.1) is 7.11 Å². The Balaban J connectivity index is 2.56. The topological polar surface area (TPSA) is 44.8 Å². The third-order valence-electron chi connectivity index (χ3n) is 2.75. The van der Waals surface area contributed by atoms with Crippen molar-refractivity contribution in [1.82, 2.24) is 0 Å². The Morgan fingerprint density at radius 1 is 1.26 bits per heavy atom. The first-order valence-corrected chi connectivity index (χ1v) is 5.82. The van der Waals surface area contributed by atoms with E-state index < -0.39 is 17.6 Å². The van der Waals surface area contributed by atoms with Crippen molar-refractivity contribution in [3.8, 4) is 5.75 Å². The fraction of sp³-hybridized carbons (Fsp3) is 0.357. The fourth-order valence-electron chi connectivity index (χ4n) is 2.02. The van der Waals surface area contributed by atoms with Gasteiger partial charge >= 0.3 is 5.97 Å². The van der Waals surface area contributed by atoms with E-state index in [0.29, 0.717) is 5.76 Å². The summed E-state index contributed by atoms with van der Waals surface area (Å²) in [5, 5.41) is 0. The molecule has 1 aliphatic heterocycles. The van der Waals surface area contributed by atoms with Gasteiger partial charge in [0.1, 0.15) is 11.3 Å². The first kappa shape index (κ1) is 13.4. The second-order valence-corrected chi connectivity index (χ2v) is 4.64. The minimum Gasteiger partial charge on any atom is -0.494 e. The molecule has 0 atom stereocenters. The number of ether oxygens (including phenoxy) is 3. The summed E-state index contributed by atoms with van der Waals surface area (Å²) in [4.78, 5) is 12.0. The number of esters is 1. The van der Waals surface area contributed by atoms with Crippen LogP contribution < -0.4 is 4.74 Å². The number of allylic oxidation sites excluding steroid dienone is 1. The summed E-state index contributed by atoms with van der Waals surface area (Å²) < 4.78 is 29.7. The maximum absolute atomic E-state index is 14.2. The lowest BCUT2D eigenvalue weighted by Crippen LogP contribution is -2.36. The predicted molar refractivity (Wildman–Crippen MR) is 66.8 cm³/mol. The zero-order valence-electron chi connectivity index (χ0n) is 11.2. The van der Waals surface area contributed by atoms with Gasteiger partial charge in [-0.1, -0.05) is 12.1 Å². The van der Waals surface area contributed by atoms with E-state index in [4.69, 9.17) is 14.2 Å². The Kier molecular flexibility index (Phi) is 3.22. The van der Waals surface area contributed by atoms with E-state index in [0.717, 1.165) is 0 Å². The third-order valence-corrected chi connectivity index (χ3v) is 2.75. The van der Waals surface area contributed by atoms with Crippen LogP contribution in [0, 0.1) is 5.82 Å². The predicted octanol–water partition coefficient (Wildman–Crippen LogP) is 2.87. The molecule has 0 N–H and O–H groups in total. The molecule has 5 heteroatoms. The van der Waals surface area contributed by atoms with E-state index in [1.807, 2.05) is 0 Å². The number of cyclic esters (lactones) is 1. The van der Waals surface area contributed by atoms with E-state index in [-0.39, 0.29) is 16.9 Å². The SMILES string of the molecule is COc1cccc(C2=C(C)OC(C)(C)OC2=O)c1F. The standard InChI is InChI=1S/C14H15FO4/c1-8-11(13(16)19-14(2,3)18-8)9-6-5-7-10(17-4)12(9)15/h5-7H,1-4H3. The molecule has 1 aliphatic rings. The summed E-state index contributed by atoms with van der Waals surface area (Å²) in [6.45, 7) is 4.84. The summed E-state index contributed by atoms with van der Waals surface area (Å²) in [5.41, 5.74) is 0.188. The average Bonchev–Trinajstić information content (AvgIpc) is 2.28. The van der Waals surface area contributed by atoms with Crippen molar-refractivity contribution in [2.45, 2.75) is 26.6 Å². The van der Waals surface area contributed by atoms with Gasteiger partial charge in [-0.15, -0.1) is 0 Å². The van der Waals surface area contributed by atoms with Crippen LogP contribution in [0.5, 0.6) is 5.75 Å². The lowest BCUT2D eigenvalue weighted by molar-refractivity contribution is -0.202. The number of methoxy groups -OCH3 is 1. The Morgan fingerprint density at radius 3 is 2.53 bits per heavy atom. The zero-order chi connectivity index (χ0) is 14.2. The highest BCUT2D eigenvalue weighted by atomic mass is 19.1.